The zero-order valence-corrected chi connectivity index (χ0v) is 9.63. The van der Waals surface area contributed by atoms with Gasteiger partial charge < -0.3 is 5.32 Å². The zero-order valence-electron chi connectivity index (χ0n) is 8.81. The summed E-state index contributed by atoms with van der Waals surface area (Å²) < 4.78 is 50.4. The van der Waals surface area contributed by atoms with E-state index in [1.54, 1.807) is 0 Å². The Kier molecular flexibility index (Phi) is 3.93. The van der Waals surface area contributed by atoms with Crippen LogP contribution in [0.5, 0.6) is 0 Å². The van der Waals surface area contributed by atoms with E-state index in [4.69, 9.17) is 0 Å². The van der Waals surface area contributed by atoms with Crippen molar-refractivity contribution in [2.45, 2.75) is 43.2 Å². The standard InChI is InChI=1S/C9H12F4N2O.ClH/c10-8(11)1-5(2-8)15-7(16)6-3-9(12,13)4-14-6;/h5-6,14H,1-4H2,(H,15,16);1H. The summed E-state index contributed by atoms with van der Waals surface area (Å²) in [4.78, 5) is 11.4. The lowest BCUT2D eigenvalue weighted by Crippen LogP contribution is -2.54. The Balaban J connectivity index is 0.00000144. The number of amides is 1. The molecule has 2 aliphatic rings. The van der Waals surface area contributed by atoms with Gasteiger partial charge in [0, 0.05) is 25.3 Å². The number of hydrogen-bond donors (Lipinski definition) is 2. The van der Waals surface area contributed by atoms with Gasteiger partial charge in [0.1, 0.15) is 0 Å². The lowest BCUT2D eigenvalue weighted by Gasteiger charge is -2.35. The molecular formula is C9H13ClF4N2O. The van der Waals surface area contributed by atoms with Crippen LogP contribution in [-0.4, -0.2) is 36.4 Å². The van der Waals surface area contributed by atoms with E-state index in [2.05, 4.69) is 10.6 Å². The molecule has 2 fully saturated rings. The first-order chi connectivity index (χ1) is 7.27. The largest absolute Gasteiger partial charge is 0.352 e. The van der Waals surface area contributed by atoms with E-state index in [1.807, 2.05) is 0 Å². The highest BCUT2D eigenvalue weighted by molar-refractivity contribution is 5.85. The second-order valence-electron chi connectivity index (χ2n) is 4.46. The molecule has 0 aromatic heterocycles. The van der Waals surface area contributed by atoms with Gasteiger partial charge in [0.05, 0.1) is 12.6 Å². The number of carbonyl (C=O) groups excluding carboxylic acids is 1. The summed E-state index contributed by atoms with van der Waals surface area (Å²) in [6, 6.07) is -1.55. The quantitative estimate of drug-likeness (QED) is 0.747. The first kappa shape index (κ1) is 14.5. The Morgan fingerprint density at radius 3 is 2.12 bits per heavy atom. The van der Waals surface area contributed by atoms with Crippen molar-refractivity contribution in [2.75, 3.05) is 6.54 Å². The monoisotopic (exact) mass is 276 g/mol. The first-order valence-electron chi connectivity index (χ1n) is 5.07. The fraction of sp³-hybridized carbons (Fsp3) is 0.889. The van der Waals surface area contributed by atoms with E-state index in [-0.39, 0.29) is 12.4 Å². The van der Waals surface area contributed by atoms with Gasteiger partial charge in [-0.15, -0.1) is 12.4 Å². The molecule has 0 radical (unpaired) electrons. The van der Waals surface area contributed by atoms with Gasteiger partial charge in [-0.25, -0.2) is 17.6 Å². The van der Waals surface area contributed by atoms with Crippen LogP contribution in [-0.2, 0) is 4.79 Å². The molecule has 1 heterocycles. The highest BCUT2D eigenvalue weighted by Gasteiger charge is 2.48. The predicted octanol–water partition coefficient (Wildman–Crippen LogP) is 1.32. The Hall–Kier alpha value is -0.560. The van der Waals surface area contributed by atoms with Crippen LogP contribution in [0.25, 0.3) is 0 Å². The molecule has 0 spiro atoms. The topological polar surface area (TPSA) is 41.1 Å². The second kappa shape index (κ2) is 4.61. The van der Waals surface area contributed by atoms with E-state index < -0.39 is 55.6 Å². The molecule has 0 bridgehead atoms. The van der Waals surface area contributed by atoms with Crippen LogP contribution in [0.3, 0.4) is 0 Å². The van der Waals surface area contributed by atoms with Crippen LogP contribution >= 0.6 is 12.4 Å². The van der Waals surface area contributed by atoms with Gasteiger partial charge >= 0.3 is 0 Å². The average Bonchev–Trinajstić information content (AvgIpc) is 2.42. The van der Waals surface area contributed by atoms with Gasteiger partial charge in [-0.2, -0.15) is 0 Å². The maximum atomic E-state index is 12.7. The van der Waals surface area contributed by atoms with Gasteiger partial charge in [-0.05, 0) is 0 Å². The van der Waals surface area contributed by atoms with E-state index >= 15 is 0 Å². The molecule has 1 aliphatic carbocycles. The molecule has 1 amide bonds. The molecule has 1 saturated carbocycles. The Morgan fingerprint density at radius 2 is 1.71 bits per heavy atom. The van der Waals surface area contributed by atoms with Gasteiger partial charge in [-0.3, -0.25) is 10.1 Å². The third kappa shape index (κ3) is 3.45. The molecular weight excluding hydrogens is 264 g/mol. The van der Waals surface area contributed by atoms with Gasteiger partial charge in [0.25, 0.3) is 11.8 Å². The first-order valence-corrected chi connectivity index (χ1v) is 5.07. The summed E-state index contributed by atoms with van der Waals surface area (Å²) in [5.41, 5.74) is 0. The third-order valence-electron chi connectivity index (χ3n) is 2.86. The van der Waals surface area contributed by atoms with Crippen molar-refractivity contribution in [3.8, 4) is 0 Å². The number of halogens is 5. The third-order valence-corrected chi connectivity index (χ3v) is 2.86. The Morgan fingerprint density at radius 1 is 1.12 bits per heavy atom. The van der Waals surface area contributed by atoms with Crippen molar-refractivity contribution >= 4 is 18.3 Å². The summed E-state index contributed by atoms with van der Waals surface area (Å²) >= 11 is 0. The number of nitrogens with one attached hydrogen (secondary N) is 2. The lowest BCUT2D eigenvalue weighted by molar-refractivity contribution is -0.131. The average molecular weight is 277 g/mol. The van der Waals surface area contributed by atoms with Crippen LogP contribution in [0.1, 0.15) is 19.3 Å². The van der Waals surface area contributed by atoms with E-state index in [1.165, 1.54) is 0 Å². The molecule has 3 nitrogen and oxygen atoms in total. The highest BCUT2D eigenvalue weighted by atomic mass is 35.5. The second-order valence-corrected chi connectivity index (χ2v) is 4.46. The highest BCUT2D eigenvalue weighted by Crippen LogP contribution is 2.37. The van der Waals surface area contributed by atoms with E-state index in [9.17, 15) is 22.4 Å². The van der Waals surface area contributed by atoms with Gasteiger partial charge in [-0.1, -0.05) is 0 Å². The molecule has 100 valence electrons. The molecule has 1 saturated heterocycles. The fourth-order valence-corrected chi connectivity index (χ4v) is 1.97. The Labute approximate surface area is 102 Å². The zero-order chi connectivity index (χ0) is 12.0. The van der Waals surface area contributed by atoms with Crippen LogP contribution in [0.15, 0.2) is 0 Å². The predicted molar refractivity (Wildman–Crippen MR) is 54.7 cm³/mol. The van der Waals surface area contributed by atoms with E-state index in [0.29, 0.717) is 0 Å². The van der Waals surface area contributed by atoms with E-state index in [0.717, 1.165) is 0 Å². The smallest absolute Gasteiger partial charge is 0.262 e. The minimum absolute atomic E-state index is 0. The van der Waals surface area contributed by atoms with Crippen LogP contribution < -0.4 is 10.6 Å². The summed E-state index contributed by atoms with van der Waals surface area (Å²) in [7, 11) is 0. The van der Waals surface area contributed by atoms with Crippen molar-refractivity contribution in [3.05, 3.63) is 0 Å². The molecule has 1 atom stereocenters. The lowest BCUT2D eigenvalue weighted by atomic mass is 9.88. The molecule has 0 aromatic rings. The van der Waals surface area contributed by atoms with Gasteiger partial charge in [0.2, 0.25) is 5.91 Å². The normalized spacial score (nSPS) is 30.2. The fourth-order valence-electron chi connectivity index (χ4n) is 1.97. The molecule has 0 aromatic carbocycles. The molecule has 8 heteroatoms. The maximum Gasteiger partial charge on any atom is 0.262 e. The molecule has 1 unspecified atom stereocenters. The molecule has 1 aliphatic heterocycles. The SMILES string of the molecule is Cl.O=C(NC1CC(F)(F)C1)C1CC(F)(F)CN1. The molecule has 2 rings (SSSR count). The summed E-state index contributed by atoms with van der Waals surface area (Å²) in [6.07, 6.45) is -1.37. The minimum atomic E-state index is -2.88. The molecule has 17 heavy (non-hydrogen) atoms. The maximum absolute atomic E-state index is 12.7. The molecule has 2 N–H and O–H groups in total. The minimum Gasteiger partial charge on any atom is -0.352 e. The summed E-state index contributed by atoms with van der Waals surface area (Å²) in [6.45, 7) is -0.536. The van der Waals surface area contributed by atoms with Crippen LogP contribution in [0.4, 0.5) is 17.6 Å². The van der Waals surface area contributed by atoms with Crippen molar-refractivity contribution < 1.29 is 22.4 Å². The number of alkyl halides is 4. The van der Waals surface area contributed by atoms with Crippen molar-refractivity contribution in [1.82, 2.24) is 10.6 Å². The Bertz CT molecular complexity index is 305. The number of hydrogen-bond acceptors (Lipinski definition) is 2. The summed E-state index contributed by atoms with van der Waals surface area (Å²) in [5.74, 6) is -6.21. The number of carbonyl (C=O) groups is 1. The van der Waals surface area contributed by atoms with Crippen LogP contribution in [0, 0.1) is 0 Å². The van der Waals surface area contributed by atoms with Gasteiger partial charge in [0.15, 0.2) is 0 Å². The summed E-state index contributed by atoms with van der Waals surface area (Å²) in [5, 5.41) is 4.71. The number of rotatable bonds is 2. The van der Waals surface area contributed by atoms with Crippen molar-refractivity contribution in [1.29, 1.82) is 0 Å². The van der Waals surface area contributed by atoms with Crippen molar-refractivity contribution in [2.24, 2.45) is 0 Å². The van der Waals surface area contributed by atoms with Crippen LogP contribution in [0.2, 0.25) is 0 Å². The van der Waals surface area contributed by atoms with Crippen molar-refractivity contribution in [3.63, 3.8) is 0 Å².